The molecule has 0 atom stereocenters. The summed E-state index contributed by atoms with van der Waals surface area (Å²) in [7, 11) is 0. The first-order valence-electron chi connectivity index (χ1n) is 14.7. The summed E-state index contributed by atoms with van der Waals surface area (Å²) < 4.78 is 19.6. The van der Waals surface area contributed by atoms with E-state index in [1.54, 1.807) is 0 Å². The van der Waals surface area contributed by atoms with Crippen molar-refractivity contribution >= 4 is 31.9 Å². The Labute approximate surface area is 281 Å². The normalized spacial score (nSPS) is 11.6. The third-order valence-corrected chi connectivity index (χ3v) is 8.45. The van der Waals surface area contributed by atoms with E-state index >= 15 is 0 Å². The Hall–Kier alpha value is -4.16. The molecule has 0 aliphatic heterocycles. The summed E-state index contributed by atoms with van der Waals surface area (Å²) in [4.78, 5) is 0. The van der Waals surface area contributed by atoms with Crippen molar-refractivity contribution in [3.8, 4) is 11.5 Å². The van der Waals surface area contributed by atoms with E-state index in [1.807, 2.05) is 48.5 Å². The summed E-state index contributed by atoms with van der Waals surface area (Å²) in [6, 6.07) is 58.2. The maximum atomic E-state index is 8.04. The summed E-state index contributed by atoms with van der Waals surface area (Å²) in [6.07, 6.45) is 0. The number of hydrogen-bond acceptors (Lipinski definition) is 3. The predicted octanol–water partition coefficient (Wildman–Crippen LogP) is 10.4. The third kappa shape index (κ3) is 6.21. The quantitative estimate of drug-likeness (QED) is 0.0931. The van der Waals surface area contributed by atoms with Crippen LogP contribution in [0.3, 0.4) is 0 Å². The van der Waals surface area contributed by atoms with Gasteiger partial charge >= 0.3 is 0 Å². The molecule has 224 valence electrons. The van der Waals surface area contributed by atoms with Gasteiger partial charge < -0.3 is 14.2 Å². The zero-order chi connectivity index (χ0) is 31.0. The average Bonchev–Trinajstić information content (AvgIpc) is 3.12. The lowest BCUT2D eigenvalue weighted by atomic mass is 9.75. The number of rotatable bonds is 12. The Kier molecular flexibility index (Phi) is 9.80. The van der Waals surface area contributed by atoms with Gasteiger partial charge in [-0.15, -0.1) is 0 Å². The van der Waals surface area contributed by atoms with Crippen LogP contribution >= 0.6 is 31.9 Å². The van der Waals surface area contributed by atoms with E-state index < -0.39 is 11.2 Å². The van der Waals surface area contributed by atoms with Gasteiger partial charge in [-0.05, 0) is 89.5 Å². The molecule has 6 aromatic carbocycles. The summed E-state index contributed by atoms with van der Waals surface area (Å²) in [5.74, 6) is 1.54. The molecule has 0 saturated heterocycles. The average molecular weight is 721 g/mol. The molecule has 0 aromatic heterocycles. The molecule has 3 nitrogen and oxygen atoms in total. The summed E-state index contributed by atoms with van der Waals surface area (Å²) in [5.41, 5.74) is 4.66. The van der Waals surface area contributed by atoms with E-state index in [0.717, 1.165) is 44.9 Å². The largest absolute Gasteiger partial charge is 0.482 e. The zero-order valence-corrected chi connectivity index (χ0v) is 27.7. The SMILES string of the molecule is BrCOc1ccc(C(OC(c2ccccc2)(c2ccccc2)c2ccc(OCBr)cc2)(c2ccccc2)c2ccccc2)cc1. The molecule has 0 fully saturated rings. The molecule has 0 aliphatic carbocycles. The van der Waals surface area contributed by atoms with Gasteiger partial charge in [-0.1, -0.05) is 146 Å². The lowest BCUT2D eigenvalue weighted by Gasteiger charge is -2.46. The highest BCUT2D eigenvalue weighted by Gasteiger charge is 2.49. The van der Waals surface area contributed by atoms with Gasteiger partial charge in [-0.2, -0.15) is 0 Å². The molecule has 6 rings (SSSR count). The molecule has 0 saturated carbocycles. The Bertz CT molecular complexity index is 1550. The second-order valence-electron chi connectivity index (χ2n) is 10.5. The topological polar surface area (TPSA) is 27.7 Å². The molecule has 0 heterocycles. The lowest BCUT2D eigenvalue weighted by molar-refractivity contribution is -0.0810. The van der Waals surface area contributed by atoms with Gasteiger partial charge in [0.1, 0.15) is 33.7 Å². The molecular weight excluding hydrogens is 688 g/mol. The Morgan fingerprint density at radius 2 is 0.578 bits per heavy atom. The summed E-state index contributed by atoms with van der Waals surface area (Å²) in [6.45, 7) is 0. The van der Waals surface area contributed by atoms with E-state index in [2.05, 4.69) is 153 Å². The molecule has 5 heteroatoms. The molecule has 0 amide bonds. The van der Waals surface area contributed by atoms with E-state index in [1.165, 1.54) is 0 Å². The number of halogens is 2. The highest BCUT2D eigenvalue weighted by atomic mass is 79.9. The molecular formula is C40H32Br2O3. The Morgan fingerprint density at radius 1 is 0.333 bits per heavy atom. The Morgan fingerprint density at radius 3 is 0.822 bits per heavy atom. The highest BCUT2D eigenvalue weighted by Crippen LogP contribution is 2.51. The number of alkyl halides is 2. The van der Waals surface area contributed by atoms with Gasteiger partial charge in [0, 0.05) is 0 Å². The predicted molar refractivity (Wildman–Crippen MR) is 188 cm³/mol. The first-order chi connectivity index (χ1) is 22.2. The fourth-order valence-corrected chi connectivity index (χ4v) is 6.50. The third-order valence-electron chi connectivity index (χ3n) is 7.99. The van der Waals surface area contributed by atoms with Gasteiger partial charge in [0.05, 0.1) is 0 Å². The van der Waals surface area contributed by atoms with E-state index in [0.29, 0.717) is 11.0 Å². The summed E-state index contributed by atoms with van der Waals surface area (Å²) >= 11 is 6.78. The van der Waals surface area contributed by atoms with Crippen LogP contribution in [-0.4, -0.2) is 11.0 Å². The fraction of sp³-hybridized carbons (Fsp3) is 0.100. The van der Waals surface area contributed by atoms with Gasteiger partial charge in [0.2, 0.25) is 0 Å². The zero-order valence-electron chi connectivity index (χ0n) is 24.6. The number of benzene rings is 6. The van der Waals surface area contributed by atoms with Crippen molar-refractivity contribution in [2.75, 3.05) is 11.0 Å². The van der Waals surface area contributed by atoms with Crippen LogP contribution in [0.1, 0.15) is 33.4 Å². The number of hydrogen-bond donors (Lipinski definition) is 0. The monoisotopic (exact) mass is 718 g/mol. The van der Waals surface area contributed by atoms with Gasteiger partial charge in [0.15, 0.2) is 0 Å². The van der Waals surface area contributed by atoms with Crippen LogP contribution in [0.15, 0.2) is 170 Å². The molecule has 0 radical (unpaired) electrons. The first-order valence-corrected chi connectivity index (χ1v) is 17.0. The molecule has 45 heavy (non-hydrogen) atoms. The maximum Gasteiger partial charge on any atom is 0.145 e. The van der Waals surface area contributed by atoms with Gasteiger partial charge in [0.25, 0.3) is 0 Å². The minimum atomic E-state index is -1.05. The van der Waals surface area contributed by atoms with Crippen LogP contribution in [0.4, 0.5) is 0 Å². The molecule has 0 bridgehead atoms. The van der Waals surface area contributed by atoms with Crippen LogP contribution < -0.4 is 9.47 Å². The smallest absolute Gasteiger partial charge is 0.145 e. The van der Waals surface area contributed by atoms with Crippen molar-refractivity contribution < 1.29 is 14.2 Å². The minimum Gasteiger partial charge on any atom is -0.482 e. The van der Waals surface area contributed by atoms with Crippen molar-refractivity contribution in [2.45, 2.75) is 11.2 Å². The van der Waals surface area contributed by atoms with Crippen LogP contribution in [-0.2, 0) is 15.9 Å². The van der Waals surface area contributed by atoms with Crippen molar-refractivity contribution in [2.24, 2.45) is 0 Å². The first kappa shape index (κ1) is 30.8. The molecule has 0 unspecified atom stereocenters. The van der Waals surface area contributed by atoms with Crippen LogP contribution in [0.25, 0.3) is 0 Å². The van der Waals surface area contributed by atoms with Gasteiger partial charge in [-0.3, -0.25) is 0 Å². The van der Waals surface area contributed by atoms with Crippen LogP contribution in [0.5, 0.6) is 11.5 Å². The highest BCUT2D eigenvalue weighted by molar-refractivity contribution is 9.09. The van der Waals surface area contributed by atoms with E-state index in [-0.39, 0.29) is 0 Å². The second kappa shape index (κ2) is 14.3. The minimum absolute atomic E-state index is 0.408. The van der Waals surface area contributed by atoms with Crippen LogP contribution in [0.2, 0.25) is 0 Å². The van der Waals surface area contributed by atoms with Gasteiger partial charge in [-0.25, -0.2) is 0 Å². The summed E-state index contributed by atoms with van der Waals surface area (Å²) in [5, 5.41) is 0. The van der Waals surface area contributed by atoms with Crippen LogP contribution in [0, 0.1) is 0 Å². The maximum absolute atomic E-state index is 8.04. The van der Waals surface area contributed by atoms with Crippen molar-refractivity contribution in [3.63, 3.8) is 0 Å². The van der Waals surface area contributed by atoms with Crippen molar-refractivity contribution in [1.29, 1.82) is 0 Å². The lowest BCUT2D eigenvalue weighted by Crippen LogP contribution is -2.44. The molecule has 6 aromatic rings. The van der Waals surface area contributed by atoms with E-state index in [9.17, 15) is 0 Å². The molecule has 0 spiro atoms. The molecule has 0 N–H and O–H groups in total. The second-order valence-corrected chi connectivity index (χ2v) is 11.4. The standard InChI is InChI=1S/C40H32Br2O3/c41-29-43-37-25-21-35(22-26-37)39(31-13-5-1-6-14-31,32-15-7-2-8-16-32)45-40(33-17-9-3-10-18-33,34-19-11-4-12-20-34)36-23-27-38(28-24-36)44-30-42/h1-28H,29-30H2. The van der Waals surface area contributed by atoms with E-state index in [4.69, 9.17) is 14.2 Å². The number of ether oxygens (including phenoxy) is 3. The van der Waals surface area contributed by atoms with Crippen molar-refractivity contribution in [1.82, 2.24) is 0 Å². The fourth-order valence-electron chi connectivity index (χ4n) is 5.97. The molecule has 0 aliphatic rings. The van der Waals surface area contributed by atoms with Crippen molar-refractivity contribution in [3.05, 3.63) is 203 Å². The Balaban J connectivity index is 1.72.